The molecule has 0 unspecified atom stereocenters. The van der Waals surface area contributed by atoms with Crippen LogP contribution in [0.3, 0.4) is 0 Å². The Labute approximate surface area is 384 Å². The lowest BCUT2D eigenvalue weighted by Gasteiger charge is -2.19. The smallest absolute Gasteiger partial charge is 0.123 e. The molecule has 0 N–H and O–H groups in total. The summed E-state index contributed by atoms with van der Waals surface area (Å²) >= 11 is 0. The lowest BCUT2D eigenvalue weighted by Crippen LogP contribution is -1.92. The average molecular weight is 845 g/mol. The molecule has 0 bridgehead atoms. The lowest BCUT2D eigenvalue weighted by atomic mass is 9.84. The van der Waals surface area contributed by atoms with Gasteiger partial charge in [-0.25, -0.2) is 4.39 Å². The molecule has 0 atom stereocenters. The van der Waals surface area contributed by atoms with Gasteiger partial charge in [0.25, 0.3) is 0 Å². The molecule has 0 aliphatic heterocycles. The van der Waals surface area contributed by atoms with Gasteiger partial charge in [0.1, 0.15) is 5.82 Å². The van der Waals surface area contributed by atoms with Gasteiger partial charge in [0.2, 0.25) is 0 Å². The Hall–Kier alpha value is -6.57. The minimum Gasteiger partial charge on any atom is -0.207 e. The van der Waals surface area contributed by atoms with E-state index in [0.29, 0.717) is 0 Å². The van der Waals surface area contributed by atoms with Crippen LogP contribution in [0.25, 0.3) is 70.9 Å². The van der Waals surface area contributed by atoms with Crippen molar-refractivity contribution >= 4 is 48.7 Å². The van der Waals surface area contributed by atoms with Crippen molar-refractivity contribution in [3.05, 3.63) is 222 Å². The second-order valence-corrected chi connectivity index (χ2v) is 14.7. The van der Waals surface area contributed by atoms with Gasteiger partial charge >= 0.3 is 0 Å². The molecule has 64 heavy (non-hydrogen) atoms. The number of halogens is 1. The molecule has 0 fully saturated rings. The summed E-state index contributed by atoms with van der Waals surface area (Å²) in [5.74, 6) is -0.177. The first-order valence-corrected chi connectivity index (χ1v) is 23.4. The molecule has 9 aromatic carbocycles. The molecule has 0 aliphatic carbocycles. The minimum atomic E-state index is -0.177. The third-order valence-corrected chi connectivity index (χ3v) is 11.1. The molecule has 1 heteroatoms. The Morgan fingerprint density at radius 2 is 0.953 bits per heavy atom. The highest BCUT2D eigenvalue weighted by atomic mass is 19.1. The summed E-state index contributed by atoms with van der Waals surface area (Å²) in [5, 5.41) is 10.3. The highest BCUT2D eigenvalue weighted by Crippen LogP contribution is 2.45. The maximum absolute atomic E-state index is 13.1. The van der Waals surface area contributed by atoms with Crippen molar-refractivity contribution in [2.45, 2.75) is 89.5 Å². The van der Waals surface area contributed by atoms with Gasteiger partial charge in [-0.05, 0) is 151 Å². The molecule has 0 amide bonds. The SMILES string of the molecule is CC.CC.CC.CC.CC(/C=C\Cc1cccc(F)c1)=C(/C)c1ccccc1C.Cc1ccc(-c2c3ccccc3c(-c3ccc4ccccc4c3)c3ccccc23)c2ccccc12. The monoisotopic (exact) mass is 845 g/mol. The zero-order valence-electron chi connectivity index (χ0n) is 40.5. The van der Waals surface area contributed by atoms with Crippen molar-refractivity contribution in [2.75, 3.05) is 0 Å². The first-order valence-electron chi connectivity index (χ1n) is 23.4. The summed E-state index contributed by atoms with van der Waals surface area (Å²) in [5.41, 5.74) is 12.6. The van der Waals surface area contributed by atoms with E-state index < -0.39 is 0 Å². The zero-order valence-corrected chi connectivity index (χ0v) is 40.5. The molecule has 0 aromatic heterocycles. The third-order valence-electron chi connectivity index (χ3n) is 11.1. The van der Waals surface area contributed by atoms with E-state index in [2.05, 4.69) is 192 Å². The molecule has 0 heterocycles. The number of benzene rings is 9. The largest absolute Gasteiger partial charge is 0.207 e. The molecule has 9 rings (SSSR count). The second-order valence-electron chi connectivity index (χ2n) is 14.7. The van der Waals surface area contributed by atoms with Crippen LogP contribution in [0, 0.1) is 19.7 Å². The Morgan fingerprint density at radius 3 is 1.55 bits per heavy atom. The van der Waals surface area contributed by atoms with E-state index in [0.717, 1.165) is 12.0 Å². The highest BCUT2D eigenvalue weighted by Gasteiger charge is 2.18. The van der Waals surface area contributed by atoms with E-state index in [9.17, 15) is 4.39 Å². The fourth-order valence-electron chi connectivity index (χ4n) is 8.11. The number of rotatable bonds is 6. The van der Waals surface area contributed by atoms with Gasteiger partial charge in [0, 0.05) is 0 Å². The standard InChI is InChI=1S/C35H24.C20H21F.4C2H6/c1-23-18-21-33(28-13-5-4-12-27(23)28)35-31-16-8-6-14-29(31)34(30-15-7-9-17-32(30)35)26-20-19-24-10-2-3-11-25(24)22-26;1-15(17(3)20-13-5-4-8-16(20)2)9-6-10-18-11-7-12-19(21)14-18;4*1-2/h2-22H,1H3;4-9,11-14H,10H2,1-3H3;4*1-2H3/b;9-6-,17-15+;;;;. The number of hydrogen-bond donors (Lipinski definition) is 0. The molecule has 0 saturated carbocycles. The first-order chi connectivity index (χ1) is 31.4. The Bertz CT molecular complexity index is 2880. The molecule has 0 nitrogen and oxygen atoms in total. The molecule has 0 spiro atoms. The lowest BCUT2D eigenvalue weighted by molar-refractivity contribution is 0.626. The molecular formula is C63H69F. The van der Waals surface area contributed by atoms with Crippen LogP contribution in [0.5, 0.6) is 0 Å². The quantitative estimate of drug-likeness (QED) is 0.116. The van der Waals surface area contributed by atoms with Crippen molar-refractivity contribution in [3.63, 3.8) is 0 Å². The number of allylic oxidation sites excluding steroid dienone is 4. The van der Waals surface area contributed by atoms with Crippen molar-refractivity contribution in [3.8, 4) is 22.3 Å². The summed E-state index contributed by atoms with van der Waals surface area (Å²) in [7, 11) is 0. The third kappa shape index (κ3) is 11.7. The predicted molar refractivity (Wildman–Crippen MR) is 286 cm³/mol. The summed E-state index contributed by atoms with van der Waals surface area (Å²) in [6.45, 7) is 24.6. The Balaban J connectivity index is 0.000000267. The van der Waals surface area contributed by atoms with Crippen molar-refractivity contribution in [1.82, 2.24) is 0 Å². The maximum atomic E-state index is 13.1. The van der Waals surface area contributed by atoms with E-state index in [1.54, 1.807) is 12.1 Å². The number of aryl methyl sites for hydroxylation is 2. The van der Waals surface area contributed by atoms with E-state index in [1.807, 2.05) is 61.5 Å². The summed E-state index contributed by atoms with van der Waals surface area (Å²) in [4.78, 5) is 0. The first kappa shape index (κ1) is 50.1. The highest BCUT2D eigenvalue weighted by molar-refractivity contribution is 6.23. The van der Waals surface area contributed by atoms with Crippen LogP contribution < -0.4 is 0 Å². The van der Waals surface area contributed by atoms with Gasteiger partial charge in [-0.2, -0.15) is 0 Å². The van der Waals surface area contributed by atoms with Gasteiger partial charge in [-0.3, -0.25) is 0 Å². The van der Waals surface area contributed by atoms with Gasteiger partial charge in [0.05, 0.1) is 0 Å². The van der Waals surface area contributed by atoms with Gasteiger partial charge in [-0.15, -0.1) is 0 Å². The molecular weight excluding hydrogens is 776 g/mol. The van der Waals surface area contributed by atoms with Crippen LogP contribution in [-0.4, -0.2) is 0 Å². The molecule has 0 aliphatic rings. The van der Waals surface area contributed by atoms with Crippen LogP contribution >= 0.6 is 0 Å². The van der Waals surface area contributed by atoms with E-state index in [4.69, 9.17) is 0 Å². The van der Waals surface area contributed by atoms with Crippen LogP contribution in [0.15, 0.2) is 194 Å². The summed E-state index contributed by atoms with van der Waals surface area (Å²) in [6, 6.07) is 61.8. The fraction of sp³-hybridized carbons (Fsp3) is 0.206. The normalized spacial score (nSPS) is 10.8. The van der Waals surface area contributed by atoms with Gasteiger partial charge in [0.15, 0.2) is 0 Å². The van der Waals surface area contributed by atoms with Gasteiger partial charge < -0.3 is 0 Å². The van der Waals surface area contributed by atoms with Crippen LogP contribution in [-0.2, 0) is 6.42 Å². The predicted octanol–water partition coefficient (Wildman–Crippen LogP) is 19.8. The summed E-state index contributed by atoms with van der Waals surface area (Å²) < 4.78 is 13.1. The topological polar surface area (TPSA) is 0 Å². The molecule has 0 radical (unpaired) electrons. The average Bonchev–Trinajstić information content (AvgIpc) is 3.36. The molecule has 328 valence electrons. The summed E-state index contributed by atoms with van der Waals surface area (Å²) in [6.07, 6.45) is 4.95. The van der Waals surface area contributed by atoms with Crippen LogP contribution in [0.1, 0.15) is 91.5 Å². The maximum Gasteiger partial charge on any atom is 0.123 e. The number of hydrogen-bond acceptors (Lipinski definition) is 0. The van der Waals surface area contributed by atoms with E-state index in [-0.39, 0.29) is 5.82 Å². The van der Waals surface area contributed by atoms with Crippen LogP contribution in [0.2, 0.25) is 0 Å². The van der Waals surface area contributed by atoms with E-state index >= 15 is 0 Å². The van der Waals surface area contributed by atoms with Crippen molar-refractivity contribution in [2.24, 2.45) is 0 Å². The van der Waals surface area contributed by atoms with Crippen molar-refractivity contribution in [1.29, 1.82) is 0 Å². The second kappa shape index (κ2) is 25.5. The van der Waals surface area contributed by atoms with Crippen LogP contribution in [0.4, 0.5) is 4.39 Å². The molecule has 0 saturated heterocycles. The fourth-order valence-corrected chi connectivity index (χ4v) is 8.11. The Morgan fingerprint density at radius 1 is 0.438 bits per heavy atom. The molecule has 9 aromatic rings. The zero-order chi connectivity index (χ0) is 46.6. The van der Waals surface area contributed by atoms with Crippen molar-refractivity contribution < 1.29 is 4.39 Å². The van der Waals surface area contributed by atoms with Gasteiger partial charge in [-0.1, -0.05) is 225 Å². The number of fused-ring (bicyclic) bond motifs is 4. The van der Waals surface area contributed by atoms with E-state index in [1.165, 1.54) is 99.2 Å². The minimum absolute atomic E-state index is 0.177. The Kier molecular flexibility index (Phi) is 20.0.